The number of hydrogen-bond acceptors (Lipinski definition) is 10. The molecule has 0 spiro atoms. The zero-order chi connectivity index (χ0) is 30.8. The molecule has 0 bridgehead atoms. The van der Waals surface area contributed by atoms with E-state index < -0.39 is 11.5 Å². The quantitative estimate of drug-likeness (QED) is 0.229. The predicted octanol–water partition coefficient (Wildman–Crippen LogP) is 5.25. The first-order valence-electron chi connectivity index (χ1n) is 14.5. The summed E-state index contributed by atoms with van der Waals surface area (Å²) in [6, 6.07) is 17.7. The smallest absolute Gasteiger partial charge is 0.377 e. The molecule has 1 N–H and O–H groups in total. The van der Waals surface area contributed by atoms with Crippen LogP contribution in [0, 0.1) is 17.1 Å². The highest BCUT2D eigenvalue weighted by atomic mass is 32.1. The zero-order valence-corrected chi connectivity index (χ0v) is 24.8. The molecule has 2 aromatic carbocycles. The van der Waals surface area contributed by atoms with Gasteiger partial charge in [-0.05, 0) is 62.3 Å². The van der Waals surface area contributed by atoms with Gasteiger partial charge >= 0.3 is 5.69 Å². The maximum atomic E-state index is 14.3. The van der Waals surface area contributed by atoms with E-state index in [1.165, 1.54) is 6.07 Å². The summed E-state index contributed by atoms with van der Waals surface area (Å²) in [5.74, 6) is 1.44. The molecule has 4 aromatic heterocycles. The van der Waals surface area contributed by atoms with Crippen molar-refractivity contribution in [2.45, 2.75) is 38.5 Å². The van der Waals surface area contributed by atoms with Crippen molar-refractivity contribution in [3.8, 4) is 23.4 Å². The summed E-state index contributed by atoms with van der Waals surface area (Å²) < 4.78 is 27.5. The van der Waals surface area contributed by atoms with Gasteiger partial charge in [0.05, 0.1) is 41.3 Å². The van der Waals surface area contributed by atoms with E-state index in [1.54, 1.807) is 29.5 Å². The number of fused-ring (bicyclic) bond motifs is 1. The number of benzene rings is 2. The third-order valence-corrected chi connectivity index (χ3v) is 8.75. The summed E-state index contributed by atoms with van der Waals surface area (Å²) >= 11 is 1.59. The number of nitrogens with zero attached hydrogens (tertiary/aromatic N) is 7. The Morgan fingerprint density at radius 3 is 2.73 bits per heavy atom. The number of nitriles is 1. The molecule has 0 unspecified atom stereocenters. The molecule has 1 saturated heterocycles. The second-order valence-electron chi connectivity index (χ2n) is 10.9. The monoisotopic (exact) mass is 622 g/mol. The molecule has 11 nitrogen and oxygen atoms in total. The van der Waals surface area contributed by atoms with Crippen LogP contribution in [0.25, 0.3) is 22.5 Å². The lowest BCUT2D eigenvalue weighted by atomic mass is 9.93. The fourth-order valence-corrected chi connectivity index (χ4v) is 6.23. The van der Waals surface area contributed by atoms with Crippen LogP contribution in [0.15, 0.2) is 75.6 Å². The van der Waals surface area contributed by atoms with Crippen LogP contribution in [0.1, 0.15) is 46.3 Å². The van der Waals surface area contributed by atoms with E-state index in [9.17, 15) is 9.18 Å². The summed E-state index contributed by atoms with van der Waals surface area (Å²) in [5, 5.41) is 11.2. The molecule has 6 aromatic rings. The summed E-state index contributed by atoms with van der Waals surface area (Å²) in [4.78, 5) is 32.9. The van der Waals surface area contributed by atoms with Crippen molar-refractivity contribution in [3.63, 3.8) is 0 Å². The standard InChI is InChI=1S/C32H27FN8O3S/c33-25-12-20(14-34)4-5-23(25)18-43-30-3-1-2-26(37-30)21-8-10-40(11-9-21)17-29-36-27-7-6-22(31-38-32(42)39-44-31)13-28(27)41(29)16-24-15-35-19-45-24/h1-7,12-13,15,19,21H,8-11,16-18H2,(H,39,42). The predicted molar refractivity (Wildman–Crippen MR) is 164 cm³/mol. The number of pyridine rings is 1. The number of H-pyrrole nitrogens is 1. The minimum absolute atomic E-state index is 0.0343. The highest BCUT2D eigenvalue weighted by Gasteiger charge is 2.24. The van der Waals surface area contributed by atoms with Crippen LogP contribution >= 0.6 is 11.3 Å². The highest BCUT2D eigenvalue weighted by Crippen LogP contribution is 2.30. The second kappa shape index (κ2) is 12.4. The maximum absolute atomic E-state index is 14.3. The first kappa shape index (κ1) is 28.6. The van der Waals surface area contributed by atoms with E-state index in [4.69, 9.17) is 24.5 Å². The summed E-state index contributed by atoms with van der Waals surface area (Å²) in [5.41, 5.74) is 5.38. The van der Waals surface area contributed by atoms with Gasteiger partial charge in [0, 0.05) is 39.9 Å². The number of aromatic amines is 1. The number of rotatable bonds is 9. The number of nitrogens with one attached hydrogen (secondary N) is 1. The Kier molecular flexibility index (Phi) is 7.89. The van der Waals surface area contributed by atoms with E-state index in [2.05, 4.69) is 24.6 Å². The van der Waals surface area contributed by atoms with Gasteiger partial charge in [0.1, 0.15) is 18.2 Å². The molecule has 5 heterocycles. The zero-order valence-electron chi connectivity index (χ0n) is 24.0. The van der Waals surface area contributed by atoms with Crippen molar-refractivity contribution >= 4 is 22.4 Å². The molecule has 1 fully saturated rings. The SMILES string of the molecule is N#Cc1ccc(COc2cccc(C3CCN(Cc4nc5ccc(-c6nc(=O)[nH]o6)cc5n4Cc4cncs4)CC3)n2)c(F)c1. The van der Waals surface area contributed by atoms with Crippen LogP contribution in [0.5, 0.6) is 5.88 Å². The van der Waals surface area contributed by atoms with Crippen LogP contribution in [-0.2, 0) is 19.7 Å². The molecular weight excluding hydrogens is 595 g/mol. The van der Waals surface area contributed by atoms with Gasteiger partial charge in [0.25, 0.3) is 5.89 Å². The average molecular weight is 623 g/mol. The first-order valence-corrected chi connectivity index (χ1v) is 15.3. The van der Waals surface area contributed by atoms with E-state index in [1.807, 2.05) is 48.1 Å². The Morgan fingerprint density at radius 2 is 1.98 bits per heavy atom. The normalized spacial score (nSPS) is 14.1. The number of aromatic nitrogens is 6. The molecule has 1 aliphatic heterocycles. The number of thiazole rings is 1. The van der Waals surface area contributed by atoms with E-state index in [0.29, 0.717) is 30.1 Å². The minimum atomic E-state index is -0.527. The van der Waals surface area contributed by atoms with Crippen LogP contribution in [-0.4, -0.2) is 47.6 Å². The summed E-state index contributed by atoms with van der Waals surface area (Å²) in [6.45, 7) is 3.10. The lowest BCUT2D eigenvalue weighted by Gasteiger charge is -2.31. The average Bonchev–Trinajstić information content (AvgIpc) is 3.82. The molecule has 0 radical (unpaired) electrons. The Balaban J connectivity index is 1.04. The van der Waals surface area contributed by atoms with Gasteiger partial charge in [-0.15, -0.1) is 11.3 Å². The third-order valence-electron chi connectivity index (χ3n) is 7.98. The van der Waals surface area contributed by atoms with Crippen LogP contribution in [0.2, 0.25) is 0 Å². The molecule has 0 aliphatic carbocycles. The second-order valence-corrected chi connectivity index (χ2v) is 11.8. The van der Waals surface area contributed by atoms with Gasteiger partial charge in [0.2, 0.25) is 5.88 Å². The van der Waals surface area contributed by atoms with Crippen LogP contribution in [0.4, 0.5) is 4.39 Å². The molecular formula is C32H27FN8O3S. The molecule has 226 valence electrons. The van der Waals surface area contributed by atoms with Crippen LogP contribution in [0.3, 0.4) is 0 Å². The number of likely N-dealkylation sites (tertiary alicyclic amines) is 1. The number of piperidine rings is 1. The third kappa shape index (κ3) is 6.24. The number of halogens is 1. The molecule has 0 amide bonds. The van der Waals surface area contributed by atoms with Crippen molar-refractivity contribution < 1.29 is 13.7 Å². The Morgan fingerprint density at radius 1 is 1.09 bits per heavy atom. The fraction of sp³-hybridized carbons (Fsp3) is 0.250. The Bertz CT molecular complexity index is 2050. The molecule has 7 rings (SSSR count). The molecule has 0 atom stereocenters. The van der Waals surface area contributed by atoms with E-state index in [0.717, 1.165) is 53.4 Å². The van der Waals surface area contributed by atoms with E-state index in [-0.39, 0.29) is 24.0 Å². The lowest BCUT2D eigenvalue weighted by Crippen LogP contribution is -2.33. The van der Waals surface area contributed by atoms with Crippen molar-refractivity contribution in [2.24, 2.45) is 0 Å². The van der Waals surface area contributed by atoms with Gasteiger partial charge < -0.3 is 13.8 Å². The number of ether oxygens (including phenoxy) is 1. The number of imidazole rings is 1. The molecule has 13 heteroatoms. The maximum Gasteiger partial charge on any atom is 0.377 e. The largest absolute Gasteiger partial charge is 0.473 e. The fourth-order valence-electron chi connectivity index (χ4n) is 5.64. The van der Waals surface area contributed by atoms with Gasteiger partial charge in [-0.25, -0.2) is 19.2 Å². The molecule has 1 aliphatic rings. The van der Waals surface area contributed by atoms with E-state index >= 15 is 0 Å². The molecule has 0 saturated carbocycles. The van der Waals surface area contributed by atoms with Crippen LogP contribution < -0.4 is 10.4 Å². The van der Waals surface area contributed by atoms with Crippen molar-refractivity contribution in [2.75, 3.05) is 13.1 Å². The van der Waals surface area contributed by atoms with Gasteiger partial charge in [0.15, 0.2) is 0 Å². The van der Waals surface area contributed by atoms with Gasteiger partial charge in [-0.1, -0.05) is 12.1 Å². The van der Waals surface area contributed by atoms with Gasteiger partial charge in [-0.2, -0.15) is 15.4 Å². The van der Waals surface area contributed by atoms with Crippen molar-refractivity contribution in [3.05, 3.63) is 110 Å². The minimum Gasteiger partial charge on any atom is -0.473 e. The Labute approximate surface area is 260 Å². The molecule has 45 heavy (non-hydrogen) atoms. The Hall–Kier alpha value is -5.19. The number of hydrogen-bond donors (Lipinski definition) is 1. The lowest BCUT2D eigenvalue weighted by molar-refractivity contribution is 0.196. The van der Waals surface area contributed by atoms with Crippen molar-refractivity contribution in [1.82, 2.24) is 34.6 Å². The summed E-state index contributed by atoms with van der Waals surface area (Å²) in [6.07, 6.45) is 3.73. The summed E-state index contributed by atoms with van der Waals surface area (Å²) in [7, 11) is 0. The van der Waals surface area contributed by atoms with Crippen molar-refractivity contribution in [1.29, 1.82) is 5.26 Å². The topological polar surface area (TPSA) is 139 Å². The van der Waals surface area contributed by atoms with Gasteiger partial charge in [-0.3, -0.25) is 9.88 Å². The first-order chi connectivity index (χ1) is 22.0. The highest BCUT2D eigenvalue weighted by molar-refractivity contribution is 7.09.